The number of aliphatic hydroxyl groups excluding tert-OH is 1. The van der Waals surface area contributed by atoms with Crippen LogP contribution in [0.2, 0.25) is 0 Å². The normalized spacial score (nSPS) is 32.8. The van der Waals surface area contributed by atoms with Gasteiger partial charge < -0.3 is 9.84 Å². The van der Waals surface area contributed by atoms with E-state index in [0.29, 0.717) is 11.2 Å². The van der Waals surface area contributed by atoms with Crippen LogP contribution in [0.15, 0.2) is 0 Å². The van der Waals surface area contributed by atoms with Crippen molar-refractivity contribution in [2.24, 2.45) is 5.92 Å². The molecule has 2 aliphatic rings. The quantitative estimate of drug-likeness (QED) is 0.786. The Bertz CT molecular complexity index is 148. The highest BCUT2D eigenvalue weighted by molar-refractivity contribution is 8.06. The van der Waals surface area contributed by atoms with Crippen molar-refractivity contribution in [3.8, 4) is 0 Å². The van der Waals surface area contributed by atoms with E-state index in [1.165, 1.54) is 11.5 Å². The van der Waals surface area contributed by atoms with Gasteiger partial charge in [-0.05, 0) is 18.8 Å². The predicted molar refractivity (Wildman–Crippen MR) is 63.1 cm³/mol. The summed E-state index contributed by atoms with van der Waals surface area (Å²) in [6, 6.07) is 0. The van der Waals surface area contributed by atoms with Crippen LogP contribution in [0.4, 0.5) is 0 Å². The van der Waals surface area contributed by atoms with Crippen LogP contribution in [-0.4, -0.2) is 46.9 Å². The SMILES string of the molecule is OC(C1CCOCC1)C1CSCCS1. The van der Waals surface area contributed by atoms with Gasteiger partial charge in [0, 0.05) is 35.7 Å². The maximum Gasteiger partial charge on any atom is 0.0696 e. The zero-order chi connectivity index (χ0) is 9.80. The van der Waals surface area contributed by atoms with Crippen molar-refractivity contribution in [3.05, 3.63) is 0 Å². The lowest BCUT2D eigenvalue weighted by Crippen LogP contribution is -2.37. The maximum absolute atomic E-state index is 10.2. The molecule has 2 aliphatic heterocycles. The molecule has 2 atom stereocenters. The fraction of sp³-hybridized carbons (Fsp3) is 1.00. The lowest BCUT2D eigenvalue weighted by atomic mass is 9.92. The highest BCUT2D eigenvalue weighted by atomic mass is 32.2. The molecule has 1 N–H and O–H groups in total. The monoisotopic (exact) mass is 234 g/mol. The Morgan fingerprint density at radius 3 is 2.64 bits per heavy atom. The number of hydrogen-bond donors (Lipinski definition) is 1. The molecule has 0 aromatic heterocycles. The van der Waals surface area contributed by atoms with Crippen LogP contribution in [0, 0.1) is 5.92 Å². The van der Waals surface area contributed by atoms with Gasteiger partial charge in [-0.1, -0.05) is 0 Å². The van der Waals surface area contributed by atoms with Gasteiger partial charge in [0.1, 0.15) is 0 Å². The van der Waals surface area contributed by atoms with Gasteiger partial charge >= 0.3 is 0 Å². The second kappa shape index (κ2) is 5.64. The van der Waals surface area contributed by atoms with Crippen LogP contribution < -0.4 is 0 Å². The van der Waals surface area contributed by atoms with Gasteiger partial charge in [0.2, 0.25) is 0 Å². The minimum Gasteiger partial charge on any atom is -0.392 e. The van der Waals surface area contributed by atoms with E-state index in [1.54, 1.807) is 0 Å². The Morgan fingerprint density at radius 1 is 1.21 bits per heavy atom. The van der Waals surface area contributed by atoms with Crippen LogP contribution in [0.1, 0.15) is 12.8 Å². The Balaban J connectivity index is 1.82. The highest BCUT2D eigenvalue weighted by Gasteiger charge is 2.30. The van der Waals surface area contributed by atoms with Gasteiger partial charge in [-0.3, -0.25) is 0 Å². The lowest BCUT2D eigenvalue weighted by Gasteiger charge is -2.33. The van der Waals surface area contributed by atoms with E-state index in [-0.39, 0.29) is 6.10 Å². The van der Waals surface area contributed by atoms with Crippen molar-refractivity contribution in [1.82, 2.24) is 0 Å². The van der Waals surface area contributed by atoms with Gasteiger partial charge in [0.05, 0.1) is 6.10 Å². The van der Waals surface area contributed by atoms with E-state index in [0.717, 1.165) is 31.8 Å². The Hall–Kier alpha value is 0.620. The molecule has 0 aliphatic carbocycles. The van der Waals surface area contributed by atoms with E-state index < -0.39 is 0 Å². The van der Waals surface area contributed by atoms with Gasteiger partial charge in [0.25, 0.3) is 0 Å². The van der Waals surface area contributed by atoms with E-state index in [2.05, 4.69) is 0 Å². The van der Waals surface area contributed by atoms with E-state index in [1.807, 2.05) is 23.5 Å². The Labute approximate surface area is 94.2 Å². The lowest BCUT2D eigenvalue weighted by molar-refractivity contribution is 0.00940. The van der Waals surface area contributed by atoms with Crippen LogP contribution in [0.25, 0.3) is 0 Å². The summed E-state index contributed by atoms with van der Waals surface area (Å²) in [7, 11) is 0. The van der Waals surface area contributed by atoms with E-state index in [9.17, 15) is 5.11 Å². The molecule has 2 nitrogen and oxygen atoms in total. The molecule has 4 heteroatoms. The number of hydrogen-bond acceptors (Lipinski definition) is 4. The minimum absolute atomic E-state index is 0.100. The third-order valence-electron chi connectivity index (χ3n) is 2.97. The molecule has 2 unspecified atom stereocenters. The molecular formula is C10H18O2S2. The van der Waals surface area contributed by atoms with Crippen LogP contribution in [-0.2, 0) is 4.74 Å². The molecule has 82 valence electrons. The van der Waals surface area contributed by atoms with Crippen LogP contribution in [0.3, 0.4) is 0 Å². The predicted octanol–water partition coefficient (Wildman–Crippen LogP) is 1.62. The van der Waals surface area contributed by atoms with Crippen molar-refractivity contribution in [2.75, 3.05) is 30.5 Å². The second-order valence-electron chi connectivity index (χ2n) is 3.92. The molecule has 2 heterocycles. The molecular weight excluding hydrogens is 216 g/mol. The Morgan fingerprint density at radius 2 is 2.00 bits per heavy atom. The average Bonchev–Trinajstić information content (AvgIpc) is 2.30. The molecule has 0 bridgehead atoms. The van der Waals surface area contributed by atoms with Crippen molar-refractivity contribution < 1.29 is 9.84 Å². The highest BCUT2D eigenvalue weighted by Crippen LogP contribution is 2.32. The molecule has 2 fully saturated rings. The number of ether oxygens (including phenoxy) is 1. The molecule has 0 radical (unpaired) electrons. The summed E-state index contributed by atoms with van der Waals surface area (Å²) < 4.78 is 5.31. The molecule has 0 aromatic carbocycles. The summed E-state index contributed by atoms with van der Waals surface area (Å²) in [6.07, 6.45) is 1.99. The fourth-order valence-electron chi connectivity index (χ4n) is 2.06. The Kier molecular flexibility index (Phi) is 4.47. The summed E-state index contributed by atoms with van der Waals surface area (Å²) in [4.78, 5) is 0. The molecule has 0 amide bonds. The summed E-state index contributed by atoms with van der Waals surface area (Å²) in [5.74, 6) is 4.07. The standard InChI is InChI=1S/C10H18O2S2/c11-10(8-1-3-12-4-2-8)9-7-13-5-6-14-9/h8-11H,1-7H2. The fourth-order valence-corrected chi connectivity index (χ4v) is 4.91. The minimum atomic E-state index is -0.100. The summed E-state index contributed by atoms with van der Waals surface area (Å²) >= 11 is 3.94. The van der Waals surface area contributed by atoms with Crippen molar-refractivity contribution >= 4 is 23.5 Å². The first-order valence-corrected chi connectivity index (χ1v) is 7.53. The summed E-state index contributed by atoms with van der Waals surface area (Å²) in [5, 5.41) is 10.7. The van der Waals surface area contributed by atoms with Gasteiger partial charge in [-0.15, -0.1) is 0 Å². The molecule has 14 heavy (non-hydrogen) atoms. The van der Waals surface area contributed by atoms with Gasteiger partial charge in [-0.2, -0.15) is 23.5 Å². The molecule has 0 spiro atoms. The molecule has 2 rings (SSSR count). The van der Waals surface area contributed by atoms with Crippen molar-refractivity contribution in [1.29, 1.82) is 0 Å². The van der Waals surface area contributed by atoms with E-state index >= 15 is 0 Å². The third kappa shape index (κ3) is 2.81. The maximum atomic E-state index is 10.2. The van der Waals surface area contributed by atoms with Gasteiger partial charge in [-0.25, -0.2) is 0 Å². The smallest absolute Gasteiger partial charge is 0.0696 e. The zero-order valence-electron chi connectivity index (χ0n) is 8.35. The summed E-state index contributed by atoms with van der Waals surface area (Å²) in [5.41, 5.74) is 0. The number of thioether (sulfide) groups is 2. The third-order valence-corrected chi connectivity index (χ3v) is 5.84. The van der Waals surface area contributed by atoms with Gasteiger partial charge in [0.15, 0.2) is 0 Å². The topological polar surface area (TPSA) is 29.5 Å². The molecule has 0 saturated carbocycles. The van der Waals surface area contributed by atoms with Crippen LogP contribution in [0.5, 0.6) is 0 Å². The van der Waals surface area contributed by atoms with Crippen molar-refractivity contribution in [2.45, 2.75) is 24.2 Å². The average molecular weight is 234 g/mol. The first-order valence-electron chi connectivity index (χ1n) is 5.33. The number of rotatable bonds is 2. The van der Waals surface area contributed by atoms with Crippen LogP contribution >= 0.6 is 23.5 Å². The zero-order valence-corrected chi connectivity index (χ0v) is 9.99. The summed E-state index contributed by atoms with van der Waals surface area (Å²) in [6.45, 7) is 1.68. The largest absolute Gasteiger partial charge is 0.392 e. The van der Waals surface area contributed by atoms with Crippen molar-refractivity contribution in [3.63, 3.8) is 0 Å². The van der Waals surface area contributed by atoms with E-state index in [4.69, 9.17) is 4.74 Å². The molecule has 2 saturated heterocycles. The first kappa shape index (κ1) is 11.1. The first-order chi connectivity index (χ1) is 6.88. The number of aliphatic hydroxyl groups is 1. The molecule has 0 aromatic rings. The second-order valence-corrected chi connectivity index (χ2v) is 6.42.